The van der Waals surface area contributed by atoms with E-state index in [-0.39, 0.29) is 17.1 Å². The van der Waals surface area contributed by atoms with Crippen LogP contribution < -0.4 is 0 Å². The SMILES string of the molecule is CC(C=O)c1ccccc1-c1nc2cc(C(F)(F)F)cnc2[nH]1. The first kappa shape index (κ1) is 15.2. The van der Waals surface area contributed by atoms with Gasteiger partial charge in [-0.2, -0.15) is 13.2 Å². The largest absolute Gasteiger partial charge is 0.417 e. The number of benzene rings is 1. The fraction of sp³-hybridized carbons (Fsp3) is 0.188. The summed E-state index contributed by atoms with van der Waals surface area (Å²) in [6, 6.07) is 8.07. The van der Waals surface area contributed by atoms with Crippen LogP contribution in [0.2, 0.25) is 0 Å². The van der Waals surface area contributed by atoms with Crippen molar-refractivity contribution in [1.82, 2.24) is 15.0 Å². The van der Waals surface area contributed by atoms with Crippen LogP contribution in [-0.4, -0.2) is 21.2 Å². The number of aldehydes is 1. The summed E-state index contributed by atoms with van der Waals surface area (Å²) in [5.41, 5.74) is 0.957. The van der Waals surface area contributed by atoms with Crippen molar-refractivity contribution in [3.05, 3.63) is 47.7 Å². The summed E-state index contributed by atoms with van der Waals surface area (Å²) in [7, 11) is 0. The number of aromatic amines is 1. The number of imidazole rings is 1. The Balaban J connectivity index is 2.13. The standard InChI is InChI=1S/C16H12F3N3O/c1-9(8-23)11-4-2-3-5-12(11)14-21-13-6-10(16(17,18)19)7-20-15(13)22-14/h2-9H,1H3,(H,20,21,22). The van der Waals surface area contributed by atoms with Gasteiger partial charge in [-0.05, 0) is 11.6 Å². The molecule has 0 spiro atoms. The first-order valence-corrected chi connectivity index (χ1v) is 6.87. The minimum absolute atomic E-state index is 0.128. The van der Waals surface area contributed by atoms with Gasteiger partial charge in [0.1, 0.15) is 17.6 Å². The lowest BCUT2D eigenvalue weighted by atomic mass is 9.96. The van der Waals surface area contributed by atoms with Crippen molar-refractivity contribution in [2.75, 3.05) is 0 Å². The molecule has 0 amide bonds. The van der Waals surface area contributed by atoms with Crippen LogP contribution in [0, 0.1) is 0 Å². The molecule has 3 aromatic rings. The number of nitrogens with one attached hydrogen (secondary N) is 1. The van der Waals surface area contributed by atoms with Gasteiger partial charge in [0.2, 0.25) is 0 Å². The van der Waals surface area contributed by atoms with Gasteiger partial charge in [0.15, 0.2) is 5.65 Å². The van der Waals surface area contributed by atoms with Gasteiger partial charge in [-0.25, -0.2) is 9.97 Å². The van der Waals surface area contributed by atoms with E-state index in [0.29, 0.717) is 11.4 Å². The predicted octanol–water partition coefficient (Wildman–Crippen LogP) is 3.95. The zero-order valence-electron chi connectivity index (χ0n) is 12.1. The number of hydrogen-bond donors (Lipinski definition) is 1. The maximum Gasteiger partial charge on any atom is 0.417 e. The Kier molecular flexibility index (Phi) is 3.63. The third-order valence-corrected chi connectivity index (χ3v) is 3.57. The molecule has 0 aliphatic rings. The number of rotatable bonds is 3. The Morgan fingerprint density at radius 3 is 2.70 bits per heavy atom. The minimum atomic E-state index is -4.47. The minimum Gasteiger partial charge on any atom is -0.323 e. The van der Waals surface area contributed by atoms with Gasteiger partial charge in [-0.15, -0.1) is 0 Å². The molecular weight excluding hydrogens is 307 g/mol. The molecule has 0 aliphatic carbocycles. The van der Waals surface area contributed by atoms with E-state index in [4.69, 9.17) is 0 Å². The average Bonchev–Trinajstić information content (AvgIpc) is 2.96. The van der Waals surface area contributed by atoms with Gasteiger partial charge >= 0.3 is 6.18 Å². The molecule has 1 unspecified atom stereocenters. The van der Waals surface area contributed by atoms with E-state index in [2.05, 4.69) is 15.0 Å². The maximum absolute atomic E-state index is 12.7. The van der Waals surface area contributed by atoms with Crippen molar-refractivity contribution in [2.24, 2.45) is 0 Å². The number of alkyl halides is 3. The summed E-state index contributed by atoms with van der Waals surface area (Å²) in [5.74, 6) is 0.0363. The Bertz CT molecular complexity index is 870. The monoisotopic (exact) mass is 319 g/mol. The third-order valence-electron chi connectivity index (χ3n) is 3.57. The number of fused-ring (bicyclic) bond motifs is 1. The molecule has 0 saturated carbocycles. The molecule has 0 radical (unpaired) electrons. The number of hydrogen-bond acceptors (Lipinski definition) is 3. The Hall–Kier alpha value is -2.70. The molecule has 0 saturated heterocycles. The third kappa shape index (κ3) is 2.81. The van der Waals surface area contributed by atoms with Crippen LogP contribution in [0.25, 0.3) is 22.6 Å². The van der Waals surface area contributed by atoms with Crippen LogP contribution in [0.1, 0.15) is 24.0 Å². The van der Waals surface area contributed by atoms with Gasteiger partial charge in [0.05, 0.1) is 5.56 Å². The van der Waals surface area contributed by atoms with Crippen LogP contribution in [0.15, 0.2) is 36.5 Å². The highest BCUT2D eigenvalue weighted by Crippen LogP contribution is 2.32. The van der Waals surface area contributed by atoms with E-state index in [9.17, 15) is 18.0 Å². The van der Waals surface area contributed by atoms with Crippen molar-refractivity contribution >= 4 is 17.5 Å². The number of carbonyl (C=O) groups is 1. The highest BCUT2D eigenvalue weighted by molar-refractivity contribution is 5.79. The van der Waals surface area contributed by atoms with E-state index in [1.165, 1.54) is 0 Å². The Labute approximate surface area is 129 Å². The number of halogens is 3. The van der Waals surface area contributed by atoms with Crippen molar-refractivity contribution in [3.8, 4) is 11.4 Å². The number of nitrogens with zero attached hydrogens (tertiary/aromatic N) is 2. The van der Waals surface area contributed by atoms with Crippen molar-refractivity contribution in [2.45, 2.75) is 19.0 Å². The molecule has 2 aromatic heterocycles. The molecule has 23 heavy (non-hydrogen) atoms. The number of aromatic nitrogens is 3. The van der Waals surface area contributed by atoms with E-state index >= 15 is 0 Å². The summed E-state index contributed by atoms with van der Waals surface area (Å²) in [6.07, 6.45) is -2.89. The predicted molar refractivity (Wildman–Crippen MR) is 78.8 cm³/mol. The van der Waals surface area contributed by atoms with Crippen molar-refractivity contribution in [1.29, 1.82) is 0 Å². The second-order valence-electron chi connectivity index (χ2n) is 5.19. The molecule has 1 aromatic carbocycles. The molecule has 0 aliphatic heterocycles. The quantitative estimate of drug-likeness (QED) is 0.744. The molecule has 1 atom stereocenters. The van der Waals surface area contributed by atoms with Gasteiger partial charge in [0.25, 0.3) is 0 Å². The van der Waals surface area contributed by atoms with E-state index in [1.54, 1.807) is 31.2 Å². The van der Waals surface area contributed by atoms with E-state index in [1.807, 2.05) is 0 Å². The smallest absolute Gasteiger partial charge is 0.323 e. The van der Waals surface area contributed by atoms with Crippen LogP contribution in [0.4, 0.5) is 13.2 Å². The summed E-state index contributed by atoms with van der Waals surface area (Å²) < 4.78 is 38.2. The van der Waals surface area contributed by atoms with Gasteiger partial charge in [-0.3, -0.25) is 0 Å². The second kappa shape index (κ2) is 5.49. The van der Waals surface area contributed by atoms with Crippen LogP contribution in [0.3, 0.4) is 0 Å². The van der Waals surface area contributed by atoms with Gasteiger partial charge in [0, 0.05) is 17.7 Å². The topological polar surface area (TPSA) is 58.6 Å². The Morgan fingerprint density at radius 1 is 1.26 bits per heavy atom. The summed E-state index contributed by atoms with van der Waals surface area (Å²) in [5, 5.41) is 0. The van der Waals surface area contributed by atoms with Gasteiger partial charge in [-0.1, -0.05) is 31.2 Å². The van der Waals surface area contributed by atoms with Crippen molar-refractivity contribution in [3.63, 3.8) is 0 Å². The lowest BCUT2D eigenvalue weighted by Gasteiger charge is -2.09. The van der Waals surface area contributed by atoms with Crippen LogP contribution in [0.5, 0.6) is 0 Å². The number of carbonyl (C=O) groups excluding carboxylic acids is 1. The first-order chi connectivity index (χ1) is 10.9. The molecule has 3 rings (SSSR count). The molecule has 118 valence electrons. The van der Waals surface area contributed by atoms with Gasteiger partial charge < -0.3 is 9.78 Å². The summed E-state index contributed by atoms with van der Waals surface area (Å²) >= 11 is 0. The highest BCUT2D eigenvalue weighted by Gasteiger charge is 2.31. The van der Waals surface area contributed by atoms with E-state index < -0.39 is 11.7 Å². The lowest BCUT2D eigenvalue weighted by Crippen LogP contribution is -2.05. The average molecular weight is 319 g/mol. The second-order valence-corrected chi connectivity index (χ2v) is 5.19. The van der Waals surface area contributed by atoms with Crippen LogP contribution >= 0.6 is 0 Å². The lowest BCUT2D eigenvalue weighted by molar-refractivity contribution is -0.137. The summed E-state index contributed by atoms with van der Waals surface area (Å²) in [4.78, 5) is 21.9. The molecule has 7 heteroatoms. The molecule has 0 bridgehead atoms. The molecule has 4 nitrogen and oxygen atoms in total. The maximum atomic E-state index is 12.7. The summed E-state index contributed by atoms with van der Waals surface area (Å²) in [6.45, 7) is 1.74. The van der Waals surface area contributed by atoms with Crippen molar-refractivity contribution < 1.29 is 18.0 Å². The van der Waals surface area contributed by atoms with E-state index in [0.717, 1.165) is 24.1 Å². The molecule has 2 heterocycles. The fourth-order valence-electron chi connectivity index (χ4n) is 2.36. The zero-order valence-corrected chi connectivity index (χ0v) is 12.1. The number of H-pyrrole nitrogens is 1. The normalized spacial score (nSPS) is 13.2. The fourth-order valence-corrected chi connectivity index (χ4v) is 2.36. The number of pyridine rings is 1. The first-order valence-electron chi connectivity index (χ1n) is 6.87. The molecule has 1 N–H and O–H groups in total. The Morgan fingerprint density at radius 2 is 2.00 bits per heavy atom. The van der Waals surface area contributed by atoms with Crippen LogP contribution in [-0.2, 0) is 11.0 Å². The zero-order chi connectivity index (χ0) is 16.6. The molecular formula is C16H12F3N3O. The highest BCUT2D eigenvalue weighted by atomic mass is 19.4. The molecule has 0 fully saturated rings.